The van der Waals surface area contributed by atoms with E-state index in [0.717, 1.165) is 11.8 Å². The van der Waals surface area contributed by atoms with E-state index in [1.165, 1.54) is 13.2 Å². The first-order chi connectivity index (χ1) is 12.8. The summed E-state index contributed by atoms with van der Waals surface area (Å²) < 4.78 is 33.3. The summed E-state index contributed by atoms with van der Waals surface area (Å²) in [5.41, 5.74) is 0.630. The molecule has 0 saturated carbocycles. The molecule has 8 nitrogen and oxygen atoms in total. The van der Waals surface area contributed by atoms with Crippen LogP contribution in [0.25, 0.3) is 0 Å². The lowest BCUT2D eigenvalue weighted by atomic mass is 9.86. The number of piperidine rings is 1. The topological polar surface area (TPSA) is 110 Å². The predicted octanol–water partition coefficient (Wildman–Crippen LogP) is 1.93. The molecule has 27 heavy (non-hydrogen) atoms. The van der Waals surface area contributed by atoms with E-state index in [0.29, 0.717) is 31.6 Å². The number of likely N-dealkylation sites (tertiary alicyclic amines) is 1. The molecule has 1 aliphatic rings. The molecular formula is C18H22N2O6S. The van der Waals surface area contributed by atoms with Gasteiger partial charge in [0, 0.05) is 30.8 Å². The Bertz CT molecular complexity index is 960. The zero-order valence-electron chi connectivity index (χ0n) is 15.2. The van der Waals surface area contributed by atoms with Gasteiger partial charge < -0.3 is 14.2 Å². The smallest absolute Gasteiger partial charge is 0.409 e. The highest BCUT2D eigenvalue weighted by atomic mass is 32.2. The molecule has 1 saturated heterocycles. The number of nitrogens with one attached hydrogen (secondary N) is 1. The van der Waals surface area contributed by atoms with E-state index >= 15 is 0 Å². The number of hydrogen-bond acceptors (Lipinski definition) is 6. The fourth-order valence-corrected chi connectivity index (χ4v) is 4.13. The fourth-order valence-electron chi connectivity index (χ4n) is 3.50. The molecule has 2 atom stereocenters. The van der Waals surface area contributed by atoms with Crippen LogP contribution in [0.5, 0.6) is 0 Å². The van der Waals surface area contributed by atoms with E-state index < -0.39 is 15.9 Å². The van der Waals surface area contributed by atoms with Crippen LogP contribution in [0.4, 0.5) is 4.79 Å². The van der Waals surface area contributed by atoms with E-state index in [1.807, 2.05) is 0 Å². The van der Waals surface area contributed by atoms with Gasteiger partial charge in [0.05, 0.1) is 12.0 Å². The summed E-state index contributed by atoms with van der Waals surface area (Å²) in [6, 6.07) is 7.94. The van der Waals surface area contributed by atoms with Crippen molar-refractivity contribution in [2.75, 3.05) is 19.9 Å². The van der Waals surface area contributed by atoms with Crippen LogP contribution in [0.2, 0.25) is 0 Å². The summed E-state index contributed by atoms with van der Waals surface area (Å²) in [4.78, 5) is 25.4. The van der Waals surface area contributed by atoms with Gasteiger partial charge in [-0.1, -0.05) is 12.1 Å². The number of aromatic nitrogens is 1. The number of aromatic amines is 1. The Labute approximate surface area is 157 Å². The monoisotopic (exact) mass is 394 g/mol. The molecule has 0 bridgehead atoms. The molecule has 0 spiro atoms. The highest BCUT2D eigenvalue weighted by Gasteiger charge is 2.34. The van der Waals surface area contributed by atoms with E-state index in [4.69, 9.17) is 9.26 Å². The van der Waals surface area contributed by atoms with Crippen LogP contribution in [0.15, 0.2) is 44.5 Å². The van der Waals surface area contributed by atoms with Gasteiger partial charge in [-0.15, -0.1) is 0 Å². The van der Waals surface area contributed by atoms with Gasteiger partial charge in [0.15, 0.2) is 9.84 Å². The quantitative estimate of drug-likeness (QED) is 0.848. The van der Waals surface area contributed by atoms with Gasteiger partial charge in [-0.25, -0.2) is 13.2 Å². The maximum absolute atomic E-state index is 12.1. The van der Waals surface area contributed by atoms with Crippen LogP contribution in [0, 0.1) is 0 Å². The van der Waals surface area contributed by atoms with E-state index in [-0.39, 0.29) is 22.4 Å². The van der Waals surface area contributed by atoms with Crippen molar-refractivity contribution >= 4 is 15.9 Å². The van der Waals surface area contributed by atoms with E-state index in [2.05, 4.69) is 5.16 Å². The summed E-state index contributed by atoms with van der Waals surface area (Å²) in [7, 11) is -1.91. The van der Waals surface area contributed by atoms with Crippen LogP contribution < -0.4 is 5.56 Å². The maximum atomic E-state index is 12.1. The number of sulfone groups is 1. The zero-order chi connectivity index (χ0) is 19.6. The molecule has 0 aliphatic carbocycles. The van der Waals surface area contributed by atoms with Crippen LogP contribution in [0.1, 0.15) is 30.1 Å². The molecule has 1 aliphatic heterocycles. The first-order valence-corrected chi connectivity index (χ1v) is 10.5. The number of amides is 1. The Morgan fingerprint density at radius 2 is 2.04 bits per heavy atom. The van der Waals surface area contributed by atoms with Gasteiger partial charge in [0.25, 0.3) is 5.56 Å². The molecule has 3 rings (SSSR count). The maximum Gasteiger partial charge on any atom is 0.409 e. The van der Waals surface area contributed by atoms with Crippen molar-refractivity contribution in [2.24, 2.45) is 0 Å². The number of carbonyl (C=O) groups excluding carboxylic acids is 1. The van der Waals surface area contributed by atoms with Crippen molar-refractivity contribution in [2.45, 2.75) is 36.1 Å². The second-order valence-electron chi connectivity index (χ2n) is 6.77. The number of nitrogens with zero attached hydrogens (tertiary/aromatic N) is 1. The molecule has 1 aromatic carbocycles. The Morgan fingerprint density at radius 3 is 2.59 bits per heavy atom. The average molecular weight is 394 g/mol. The second kappa shape index (κ2) is 7.59. The SMILES string of the molecule is COC(=O)N1CC[C@H](c2cc(=O)[nH]o2)C[C@@H]1Cc1ccc(S(C)(=O)=O)cc1. The van der Waals surface area contributed by atoms with Crippen molar-refractivity contribution in [1.82, 2.24) is 10.1 Å². The third-order valence-corrected chi connectivity index (χ3v) is 6.02. The minimum Gasteiger partial charge on any atom is -0.453 e. The van der Waals surface area contributed by atoms with Gasteiger partial charge in [-0.2, -0.15) is 5.16 Å². The molecular weight excluding hydrogens is 372 g/mol. The number of carbonyl (C=O) groups is 1. The van der Waals surface area contributed by atoms with Gasteiger partial charge in [0.2, 0.25) is 0 Å². The molecule has 1 fully saturated rings. The molecule has 1 aromatic heterocycles. The van der Waals surface area contributed by atoms with Gasteiger partial charge in [-0.3, -0.25) is 4.79 Å². The zero-order valence-corrected chi connectivity index (χ0v) is 16.0. The van der Waals surface area contributed by atoms with Crippen molar-refractivity contribution in [1.29, 1.82) is 0 Å². The number of rotatable bonds is 4. The summed E-state index contributed by atoms with van der Waals surface area (Å²) in [6.07, 6.45) is 2.59. The van der Waals surface area contributed by atoms with Gasteiger partial charge in [0.1, 0.15) is 5.76 Å². The van der Waals surface area contributed by atoms with E-state index in [1.54, 1.807) is 29.2 Å². The molecule has 0 radical (unpaired) electrons. The molecule has 9 heteroatoms. The molecule has 2 aromatic rings. The minimum absolute atomic E-state index is 0.0187. The Kier molecular flexibility index (Phi) is 5.41. The highest BCUT2D eigenvalue weighted by molar-refractivity contribution is 7.90. The van der Waals surface area contributed by atoms with E-state index in [9.17, 15) is 18.0 Å². The second-order valence-corrected chi connectivity index (χ2v) is 8.79. The van der Waals surface area contributed by atoms with Crippen LogP contribution in [-0.4, -0.2) is 50.5 Å². The van der Waals surface area contributed by atoms with Crippen molar-refractivity contribution < 1.29 is 22.5 Å². The average Bonchev–Trinajstić information content (AvgIpc) is 3.07. The molecule has 1 N–H and O–H groups in total. The third-order valence-electron chi connectivity index (χ3n) is 4.89. The number of ether oxygens (including phenoxy) is 1. The number of hydrogen-bond donors (Lipinski definition) is 1. The molecule has 1 amide bonds. The number of methoxy groups -OCH3 is 1. The number of benzene rings is 1. The third kappa shape index (κ3) is 4.41. The number of H-pyrrole nitrogens is 1. The highest BCUT2D eigenvalue weighted by Crippen LogP contribution is 2.33. The lowest BCUT2D eigenvalue weighted by molar-refractivity contribution is 0.0817. The molecule has 0 unspecified atom stereocenters. The van der Waals surface area contributed by atoms with Crippen molar-refractivity contribution in [3.05, 3.63) is 52.0 Å². The standard InChI is InChI=1S/C18H22N2O6S/c1-25-18(22)20-8-7-13(16-11-17(21)19-26-16)10-14(20)9-12-3-5-15(6-4-12)27(2,23)24/h3-6,11,13-14H,7-10H2,1-2H3,(H,19,21)/t13-,14-/m0/s1. The summed E-state index contributed by atoms with van der Waals surface area (Å²) in [6.45, 7) is 0.484. The molecule has 2 heterocycles. The first kappa shape index (κ1) is 19.2. The predicted molar refractivity (Wildman–Crippen MR) is 97.5 cm³/mol. The normalized spacial score (nSPS) is 20.4. The lowest BCUT2D eigenvalue weighted by Crippen LogP contribution is -2.46. The van der Waals surface area contributed by atoms with Crippen molar-refractivity contribution in [3.8, 4) is 0 Å². The van der Waals surface area contributed by atoms with Crippen molar-refractivity contribution in [3.63, 3.8) is 0 Å². The summed E-state index contributed by atoms with van der Waals surface area (Å²) >= 11 is 0. The first-order valence-electron chi connectivity index (χ1n) is 8.60. The Hall–Kier alpha value is -2.55. The van der Waals surface area contributed by atoms with Gasteiger partial charge in [-0.05, 0) is 37.0 Å². The van der Waals surface area contributed by atoms with Crippen LogP contribution in [0.3, 0.4) is 0 Å². The minimum atomic E-state index is -3.25. The Balaban J connectivity index is 1.80. The van der Waals surface area contributed by atoms with Crippen LogP contribution in [-0.2, 0) is 21.0 Å². The lowest BCUT2D eigenvalue weighted by Gasteiger charge is -2.38. The van der Waals surface area contributed by atoms with Crippen LogP contribution >= 0.6 is 0 Å². The molecule has 146 valence electrons. The summed E-state index contributed by atoms with van der Waals surface area (Å²) in [5.74, 6) is 0.604. The van der Waals surface area contributed by atoms with Gasteiger partial charge >= 0.3 is 6.09 Å². The fraction of sp³-hybridized carbons (Fsp3) is 0.444. The largest absolute Gasteiger partial charge is 0.453 e. The summed E-state index contributed by atoms with van der Waals surface area (Å²) in [5, 5.41) is 2.30. The Morgan fingerprint density at radius 1 is 1.33 bits per heavy atom.